The maximum absolute atomic E-state index is 6.06. The van der Waals surface area contributed by atoms with E-state index in [0.717, 1.165) is 28.9 Å². The van der Waals surface area contributed by atoms with E-state index < -0.39 is 0 Å². The van der Waals surface area contributed by atoms with Gasteiger partial charge < -0.3 is 10.1 Å². The summed E-state index contributed by atoms with van der Waals surface area (Å²) in [7, 11) is 1.65. The zero-order chi connectivity index (χ0) is 13.8. The monoisotopic (exact) mass is 359 g/mol. The van der Waals surface area contributed by atoms with Gasteiger partial charge in [-0.2, -0.15) is 0 Å². The second kappa shape index (κ2) is 6.64. The van der Waals surface area contributed by atoms with E-state index in [9.17, 15) is 0 Å². The van der Waals surface area contributed by atoms with Crippen LogP contribution >= 0.6 is 38.9 Å². The lowest BCUT2D eigenvalue weighted by Crippen LogP contribution is -2.00. The third-order valence-corrected chi connectivity index (χ3v) is 4.77. The van der Waals surface area contributed by atoms with Crippen LogP contribution in [0.25, 0.3) is 0 Å². The molecule has 1 aromatic carbocycles. The van der Waals surface area contributed by atoms with Crippen LogP contribution in [-0.2, 0) is 13.0 Å². The molecule has 19 heavy (non-hydrogen) atoms. The van der Waals surface area contributed by atoms with E-state index in [4.69, 9.17) is 16.3 Å². The molecule has 0 fully saturated rings. The van der Waals surface area contributed by atoms with E-state index in [-0.39, 0.29) is 0 Å². The highest BCUT2D eigenvalue weighted by Crippen LogP contribution is 2.36. The third kappa shape index (κ3) is 3.65. The van der Waals surface area contributed by atoms with Crippen molar-refractivity contribution in [1.82, 2.24) is 0 Å². The molecule has 0 amide bonds. The average molecular weight is 361 g/mol. The van der Waals surface area contributed by atoms with Crippen molar-refractivity contribution in [1.29, 1.82) is 0 Å². The highest BCUT2D eigenvalue weighted by molar-refractivity contribution is 9.10. The molecule has 0 radical (unpaired) electrons. The topological polar surface area (TPSA) is 21.3 Å². The first-order valence-electron chi connectivity index (χ1n) is 5.98. The van der Waals surface area contributed by atoms with Gasteiger partial charge in [-0.1, -0.05) is 18.5 Å². The van der Waals surface area contributed by atoms with Crippen LogP contribution in [0.4, 0.5) is 5.69 Å². The number of methoxy groups -OCH3 is 1. The van der Waals surface area contributed by atoms with E-state index in [1.165, 1.54) is 9.75 Å². The van der Waals surface area contributed by atoms with Gasteiger partial charge in [0.25, 0.3) is 0 Å². The predicted octanol–water partition coefficient (Wildman–Crippen LogP) is 5.35. The Morgan fingerprint density at radius 2 is 2.05 bits per heavy atom. The van der Waals surface area contributed by atoms with Crippen LogP contribution in [0.2, 0.25) is 5.02 Å². The maximum atomic E-state index is 6.06. The van der Waals surface area contributed by atoms with Crippen molar-refractivity contribution in [3.63, 3.8) is 0 Å². The van der Waals surface area contributed by atoms with Gasteiger partial charge in [-0.15, -0.1) is 11.3 Å². The van der Waals surface area contributed by atoms with Gasteiger partial charge >= 0.3 is 0 Å². The molecule has 0 bridgehead atoms. The Morgan fingerprint density at radius 1 is 1.32 bits per heavy atom. The smallest absolute Gasteiger partial charge is 0.156 e. The lowest BCUT2D eigenvalue weighted by molar-refractivity contribution is 0.414. The fraction of sp³-hybridized carbons (Fsp3) is 0.286. The van der Waals surface area contributed by atoms with Gasteiger partial charge in [-0.05, 0) is 46.6 Å². The Kier molecular flexibility index (Phi) is 5.13. The molecule has 102 valence electrons. The highest BCUT2D eigenvalue weighted by atomic mass is 79.9. The van der Waals surface area contributed by atoms with E-state index in [0.29, 0.717) is 5.02 Å². The molecule has 2 nitrogen and oxygen atoms in total. The van der Waals surface area contributed by atoms with Crippen LogP contribution in [0.15, 0.2) is 28.7 Å². The van der Waals surface area contributed by atoms with Crippen molar-refractivity contribution in [2.24, 2.45) is 0 Å². The van der Waals surface area contributed by atoms with Crippen LogP contribution < -0.4 is 10.1 Å². The molecule has 0 aliphatic rings. The van der Waals surface area contributed by atoms with Gasteiger partial charge in [0.1, 0.15) is 0 Å². The molecule has 5 heteroatoms. The zero-order valence-electron chi connectivity index (χ0n) is 10.8. The van der Waals surface area contributed by atoms with Crippen molar-refractivity contribution < 1.29 is 4.74 Å². The van der Waals surface area contributed by atoms with Gasteiger partial charge in [-0.3, -0.25) is 0 Å². The molecular formula is C14H15BrClNOS. The summed E-state index contributed by atoms with van der Waals surface area (Å²) in [6.45, 7) is 2.94. The van der Waals surface area contributed by atoms with Crippen molar-refractivity contribution in [2.45, 2.75) is 19.9 Å². The van der Waals surface area contributed by atoms with Crippen LogP contribution in [0.1, 0.15) is 16.7 Å². The maximum Gasteiger partial charge on any atom is 0.156 e. The largest absolute Gasteiger partial charge is 0.493 e. The molecule has 0 aliphatic heterocycles. The Balaban J connectivity index is 2.14. The number of aryl methyl sites for hydroxylation is 1. The van der Waals surface area contributed by atoms with Gasteiger partial charge in [-0.25, -0.2) is 0 Å². The van der Waals surface area contributed by atoms with Crippen LogP contribution in [0.5, 0.6) is 5.75 Å². The molecule has 1 heterocycles. The van der Waals surface area contributed by atoms with Crippen LogP contribution in [-0.4, -0.2) is 7.11 Å². The molecule has 0 aliphatic carbocycles. The second-order valence-electron chi connectivity index (χ2n) is 4.04. The molecule has 0 saturated heterocycles. The van der Waals surface area contributed by atoms with Crippen molar-refractivity contribution in [3.05, 3.63) is 43.5 Å². The number of hydrogen-bond donors (Lipinski definition) is 1. The lowest BCUT2D eigenvalue weighted by Gasteiger charge is -2.12. The van der Waals surface area contributed by atoms with E-state index in [1.54, 1.807) is 7.11 Å². The fourth-order valence-corrected chi connectivity index (χ4v) is 3.66. The normalized spacial score (nSPS) is 10.5. The first kappa shape index (κ1) is 14.7. The SMILES string of the molecule is CCc1ccc(CNc2cc(Cl)cc(Br)c2OC)s1. The summed E-state index contributed by atoms with van der Waals surface area (Å²) in [5.41, 5.74) is 0.897. The minimum Gasteiger partial charge on any atom is -0.493 e. The van der Waals surface area contributed by atoms with E-state index in [2.05, 4.69) is 40.3 Å². The number of rotatable bonds is 5. The van der Waals surface area contributed by atoms with Gasteiger partial charge in [0.05, 0.1) is 17.3 Å². The number of ether oxygens (including phenoxy) is 1. The number of hydrogen-bond acceptors (Lipinski definition) is 3. The van der Waals surface area contributed by atoms with Gasteiger partial charge in [0.2, 0.25) is 0 Å². The van der Waals surface area contributed by atoms with Crippen molar-refractivity contribution in [2.75, 3.05) is 12.4 Å². The summed E-state index contributed by atoms with van der Waals surface area (Å²) in [5, 5.41) is 4.05. The first-order valence-corrected chi connectivity index (χ1v) is 7.97. The van der Waals surface area contributed by atoms with Gasteiger partial charge in [0, 0.05) is 21.3 Å². The second-order valence-corrected chi connectivity index (χ2v) is 6.59. The Hall–Kier alpha value is -0.710. The molecule has 0 saturated carbocycles. The summed E-state index contributed by atoms with van der Waals surface area (Å²) in [6, 6.07) is 8.03. The standard InChI is InChI=1S/C14H15BrClNOS/c1-3-10-4-5-11(19-10)8-17-13-7-9(16)6-12(15)14(13)18-2/h4-7,17H,3,8H2,1-2H3. The molecule has 0 spiro atoms. The summed E-state index contributed by atoms with van der Waals surface area (Å²) >= 11 is 11.3. The molecule has 2 aromatic rings. The van der Waals surface area contributed by atoms with Gasteiger partial charge in [0.15, 0.2) is 5.75 Å². The number of anilines is 1. The molecule has 1 aromatic heterocycles. The quantitative estimate of drug-likeness (QED) is 0.776. The summed E-state index contributed by atoms with van der Waals surface area (Å²) < 4.78 is 6.23. The summed E-state index contributed by atoms with van der Waals surface area (Å²) in [5.74, 6) is 0.775. The van der Waals surface area contributed by atoms with Crippen LogP contribution in [0, 0.1) is 0 Å². The van der Waals surface area contributed by atoms with Crippen molar-refractivity contribution >= 4 is 44.6 Å². The predicted molar refractivity (Wildman–Crippen MR) is 86.7 cm³/mol. The number of thiophene rings is 1. The molecule has 1 N–H and O–H groups in total. The zero-order valence-corrected chi connectivity index (χ0v) is 14.0. The van der Waals surface area contributed by atoms with E-state index in [1.807, 2.05) is 23.5 Å². The minimum atomic E-state index is 0.676. The minimum absolute atomic E-state index is 0.676. The van der Waals surface area contributed by atoms with E-state index >= 15 is 0 Å². The van der Waals surface area contributed by atoms with Crippen molar-refractivity contribution in [3.8, 4) is 5.75 Å². The molecule has 0 unspecified atom stereocenters. The Bertz CT molecular complexity index is 571. The van der Waals surface area contributed by atoms with Crippen LogP contribution in [0.3, 0.4) is 0 Å². The summed E-state index contributed by atoms with van der Waals surface area (Å²) in [4.78, 5) is 2.70. The highest BCUT2D eigenvalue weighted by Gasteiger charge is 2.09. The summed E-state index contributed by atoms with van der Waals surface area (Å²) in [6.07, 6.45) is 1.08. The lowest BCUT2D eigenvalue weighted by atomic mass is 10.3. The molecule has 0 atom stereocenters. The Labute approximate surface area is 130 Å². The molecular weight excluding hydrogens is 346 g/mol. The number of benzene rings is 1. The first-order chi connectivity index (χ1) is 9.13. The fourth-order valence-electron chi connectivity index (χ4n) is 1.79. The third-order valence-electron chi connectivity index (χ3n) is 2.73. The average Bonchev–Trinajstić information content (AvgIpc) is 2.83. The number of nitrogens with one attached hydrogen (secondary N) is 1. The number of halogens is 2. The molecule has 2 rings (SSSR count). The Morgan fingerprint density at radius 3 is 2.68 bits per heavy atom.